The Morgan fingerprint density at radius 3 is 2.08 bits per heavy atom. The molecule has 0 bridgehead atoms. The van der Waals surface area contributed by atoms with Crippen molar-refractivity contribution >= 4 is 0 Å². The molecule has 0 saturated carbocycles. The fourth-order valence-corrected chi connectivity index (χ4v) is 1.77. The summed E-state index contributed by atoms with van der Waals surface area (Å²) in [4.78, 5) is 2.54. The predicted molar refractivity (Wildman–Crippen MR) is 61.1 cm³/mol. The smallest absolute Gasteiger partial charge is 0.00895 e. The van der Waals surface area contributed by atoms with Gasteiger partial charge in [0.05, 0.1) is 0 Å². The first kappa shape index (κ1) is 13.0. The number of hydrogen-bond acceptors (Lipinski definition) is 1. The van der Waals surface area contributed by atoms with E-state index in [-0.39, 0.29) is 0 Å². The molecule has 0 amide bonds. The summed E-state index contributed by atoms with van der Waals surface area (Å²) in [7, 11) is 2.28. The van der Waals surface area contributed by atoms with E-state index in [1.165, 1.54) is 45.1 Å². The van der Waals surface area contributed by atoms with E-state index in [1.807, 2.05) is 0 Å². The zero-order valence-electron chi connectivity index (χ0n) is 9.97. The Labute approximate surface area is 84.5 Å². The molecule has 0 N–H and O–H groups in total. The first-order valence-electron chi connectivity index (χ1n) is 5.96. The van der Waals surface area contributed by atoms with Crippen molar-refractivity contribution in [3.63, 3.8) is 0 Å². The highest BCUT2D eigenvalue weighted by molar-refractivity contribution is 4.66. The average Bonchev–Trinajstić information content (AvgIpc) is 2.16. The van der Waals surface area contributed by atoms with E-state index in [0.717, 1.165) is 6.04 Å². The van der Waals surface area contributed by atoms with E-state index >= 15 is 0 Å². The number of unbranched alkanes of at least 4 members (excludes halogenated alkanes) is 2. The van der Waals surface area contributed by atoms with Crippen molar-refractivity contribution in [3.8, 4) is 0 Å². The summed E-state index contributed by atoms with van der Waals surface area (Å²) in [5, 5.41) is 0. The van der Waals surface area contributed by atoms with Crippen molar-refractivity contribution in [1.82, 2.24) is 4.90 Å². The van der Waals surface area contributed by atoms with Crippen molar-refractivity contribution in [2.45, 2.75) is 65.3 Å². The highest BCUT2D eigenvalue weighted by atomic mass is 15.1. The molecule has 1 unspecified atom stereocenters. The summed E-state index contributed by atoms with van der Waals surface area (Å²) < 4.78 is 0. The van der Waals surface area contributed by atoms with Crippen LogP contribution in [0, 0.1) is 0 Å². The zero-order valence-corrected chi connectivity index (χ0v) is 9.97. The number of nitrogens with zero attached hydrogens (tertiary/aromatic N) is 1. The lowest BCUT2D eigenvalue weighted by Gasteiger charge is -2.26. The Balaban J connectivity index is 3.63. The third-order valence-corrected chi connectivity index (χ3v) is 2.85. The maximum absolute atomic E-state index is 2.54. The van der Waals surface area contributed by atoms with Gasteiger partial charge >= 0.3 is 0 Å². The Bertz CT molecular complexity index is 101. The van der Waals surface area contributed by atoms with Crippen molar-refractivity contribution in [2.75, 3.05) is 13.6 Å². The molecule has 1 nitrogen and oxygen atoms in total. The predicted octanol–water partition coefficient (Wildman–Crippen LogP) is 3.69. The Hall–Kier alpha value is -0.0400. The molecule has 1 heteroatoms. The zero-order chi connectivity index (χ0) is 10.1. The second-order valence-corrected chi connectivity index (χ2v) is 4.04. The van der Waals surface area contributed by atoms with Gasteiger partial charge in [-0.3, -0.25) is 0 Å². The molecular formula is C12H27N. The van der Waals surface area contributed by atoms with Gasteiger partial charge in [0.1, 0.15) is 0 Å². The molecule has 0 aromatic heterocycles. The van der Waals surface area contributed by atoms with Crippen molar-refractivity contribution in [3.05, 3.63) is 0 Å². The minimum atomic E-state index is 0.825. The van der Waals surface area contributed by atoms with Gasteiger partial charge in [0.15, 0.2) is 0 Å². The fraction of sp³-hybridized carbons (Fsp3) is 1.00. The van der Waals surface area contributed by atoms with E-state index in [0.29, 0.717) is 0 Å². The Morgan fingerprint density at radius 2 is 1.62 bits per heavy atom. The third-order valence-electron chi connectivity index (χ3n) is 2.85. The SMILES string of the molecule is CCCCC(CC)N(C)CCCC. The largest absolute Gasteiger partial charge is 0.303 e. The van der Waals surface area contributed by atoms with Crippen LogP contribution in [0.4, 0.5) is 0 Å². The summed E-state index contributed by atoms with van der Waals surface area (Å²) in [5.74, 6) is 0. The maximum atomic E-state index is 2.54. The summed E-state index contributed by atoms with van der Waals surface area (Å²) in [6.45, 7) is 8.13. The second kappa shape index (κ2) is 8.55. The van der Waals surface area contributed by atoms with Crippen LogP contribution in [0.1, 0.15) is 59.3 Å². The minimum Gasteiger partial charge on any atom is -0.303 e. The maximum Gasteiger partial charge on any atom is 0.00895 e. The van der Waals surface area contributed by atoms with Crippen LogP contribution in [0.2, 0.25) is 0 Å². The standard InChI is InChI=1S/C12H27N/c1-5-8-10-12(7-3)13(4)11-9-6-2/h12H,5-11H2,1-4H3. The highest BCUT2D eigenvalue weighted by Gasteiger charge is 2.10. The van der Waals surface area contributed by atoms with Gasteiger partial charge in [-0.1, -0.05) is 40.0 Å². The average molecular weight is 185 g/mol. The quantitative estimate of drug-likeness (QED) is 0.557. The number of hydrogen-bond donors (Lipinski definition) is 0. The monoisotopic (exact) mass is 185 g/mol. The van der Waals surface area contributed by atoms with Crippen LogP contribution in [0.5, 0.6) is 0 Å². The van der Waals surface area contributed by atoms with Crippen LogP contribution in [0.25, 0.3) is 0 Å². The van der Waals surface area contributed by atoms with Gasteiger partial charge in [0, 0.05) is 6.04 Å². The normalized spacial score (nSPS) is 13.6. The van der Waals surface area contributed by atoms with Gasteiger partial charge in [0.25, 0.3) is 0 Å². The molecule has 0 spiro atoms. The van der Waals surface area contributed by atoms with Gasteiger partial charge in [-0.25, -0.2) is 0 Å². The van der Waals surface area contributed by atoms with Crippen molar-refractivity contribution in [2.24, 2.45) is 0 Å². The summed E-state index contributed by atoms with van der Waals surface area (Å²) in [6, 6.07) is 0.825. The van der Waals surface area contributed by atoms with Crippen molar-refractivity contribution in [1.29, 1.82) is 0 Å². The molecule has 80 valence electrons. The third kappa shape index (κ3) is 6.09. The van der Waals surface area contributed by atoms with Gasteiger partial charge in [-0.05, 0) is 32.9 Å². The van der Waals surface area contributed by atoms with Crippen LogP contribution in [0.3, 0.4) is 0 Å². The summed E-state index contributed by atoms with van der Waals surface area (Å²) in [6.07, 6.45) is 8.06. The summed E-state index contributed by atoms with van der Waals surface area (Å²) >= 11 is 0. The van der Waals surface area contributed by atoms with Crippen molar-refractivity contribution < 1.29 is 0 Å². The van der Waals surface area contributed by atoms with Gasteiger partial charge < -0.3 is 4.90 Å². The molecule has 1 atom stereocenters. The van der Waals surface area contributed by atoms with Gasteiger partial charge in [0.2, 0.25) is 0 Å². The Kier molecular flexibility index (Phi) is 8.53. The molecule has 0 aromatic carbocycles. The molecule has 0 rings (SSSR count). The minimum absolute atomic E-state index is 0.825. The second-order valence-electron chi connectivity index (χ2n) is 4.04. The van der Waals surface area contributed by atoms with Gasteiger partial charge in [-0.2, -0.15) is 0 Å². The van der Waals surface area contributed by atoms with E-state index in [2.05, 4.69) is 32.7 Å². The molecule has 0 aliphatic carbocycles. The molecule has 0 aromatic rings. The topological polar surface area (TPSA) is 3.24 Å². The van der Waals surface area contributed by atoms with Crippen LogP contribution in [-0.2, 0) is 0 Å². The van der Waals surface area contributed by atoms with Crippen LogP contribution in [0.15, 0.2) is 0 Å². The first-order chi connectivity index (χ1) is 6.26. The molecule has 0 fully saturated rings. The molecule has 0 saturated heterocycles. The van der Waals surface area contributed by atoms with E-state index in [1.54, 1.807) is 0 Å². The van der Waals surface area contributed by atoms with E-state index < -0.39 is 0 Å². The molecular weight excluding hydrogens is 158 g/mol. The van der Waals surface area contributed by atoms with E-state index in [9.17, 15) is 0 Å². The van der Waals surface area contributed by atoms with Crippen LogP contribution < -0.4 is 0 Å². The molecule has 0 aliphatic heterocycles. The molecule has 0 heterocycles. The van der Waals surface area contributed by atoms with Crippen LogP contribution >= 0.6 is 0 Å². The summed E-state index contributed by atoms with van der Waals surface area (Å²) in [5.41, 5.74) is 0. The lowest BCUT2D eigenvalue weighted by molar-refractivity contribution is 0.217. The van der Waals surface area contributed by atoms with Crippen LogP contribution in [-0.4, -0.2) is 24.5 Å². The number of rotatable bonds is 8. The van der Waals surface area contributed by atoms with E-state index in [4.69, 9.17) is 0 Å². The fourth-order valence-electron chi connectivity index (χ4n) is 1.77. The lowest BCUT2D eigenvalue weighted by atomic mass is 10.1. The van der Waals surface area contributed by atoms with Gasteiger partial charge in [-0.15, -0.1) is 0 Å². The molecule has 0 aliphatic rings. The highest BCUT2D eigenvalue weighted by Crippen LogP contribution is 2.11. The molecule has 0 radical (unpaired) electrons. The lowest BCUT2D eigenvalue weighted by Crippen LogP contribution is -2.31. The Morgan fingerprint density at radius 1 is 1.00 bits per heavy atom. The molecule has 13 heavy (non-hydrogen) atoms. The first-order valence-corrected chi connectivity index (χ1v) is 5.96.